The van der Waals surface area contributed by atoms with E-state index in [4.69, 9.17) is 10.5 Å². The van der Waals surface area contributed by atoms with Gasteiger partial charge >= 0.3 is 0 Å². The maximum absolute atomic E-state index is 14.1. The van der Waals surface area contributed by atoms with Crippen LogP contribution in [0.2, 0.25) is 0 Å². The van der Waals surface area contributed by atoms with Crippen molar-refractivity contribution >= 4 is 10.0 Å². The summed E-state index contributed by atoms with van der Waals surface area (Å²) >= 11 is 0. The van der Waals surface area contributed by atoms with E-state index in [1.807, 2.05) is 0 Å². The van der Waals surface area contributed by atoms with Crippen LogP contribution in [0.1, 0.15) is 42.2 Å². The maximum atomic E-state index is 14.1. The lowest BCUT2D eigenvalue weighted by Gasteiger charge is -2.38. The third kappa shape index (κ3) is 3.27. The van der Waals surface area contributed by atoms with Crippen LogP contribution in [0.5, 0.6) is 0 Å². The summed E-state index contributed by atoms with van der Waals surface area (Å²) in [6.07, 6.45) is 2.81. The van der Waals surface area contributed by atoms with Gasteiger partial charge in [0.15, 0.2) is 0 Å². The van der Waals surface area contributed by atoms with E-state index >= 15 is 0 Å². The normalized spacial score (nSPS) is 27.9. The van der Waals surface area contributed by atoms with Crippen molar-refractivity contribution in [3.63, 3.8) is 0 Å². The molecule has 3 aliphatic rings. The van der Waals surface area contributed by atoms with Crippen molar-refractivity contribution in [2.24, 2.45) is 5.73 Å². The molecule has 0 spiro atoms. The fraction of sp³-hybridized carbons (Fsp3) is 0.526. The molecule has 29 heavy (non-hydrogen) atoms. The number of aromatic nitrogens is 2. The van der Waals surface area contributed by atoms with Crippen LogP contribution in [0.25, 0.3) is 0 Å². The van der Waals surface area contributed by atoms with Gasteiger partial charge in [0.2, 0.25) is 0 Å². The highest BCUT2D eigenvalue weighted by Crippen LogP contribution is 2.36. The molecule has 3 atom stereocenters. The highest BCUT2D eigenvalue weighted by molar-refractivity contribution is 7.90. The van der Waals surface area contributed by atoms with E-state index in [0.717, 1.165) is 23.8 Å². The molecule has 7 nitrogen and oxygen atoms in total. The average Bonchev–Trinajstić information content (AvgIpc) is 3.35. The van der Waals surface area contributed by atoms with Crippen LogP contribution in [0.3, 0.4) is 0 Å². The molecule has 1 saturated heterocycles. The monoisotopic (exact) mass is 424 g/mol. The third-order valence-electron chi connectivity index (χ3n) is 6.02. The Morgan fingerprint density at radius 3 is 2.72 bits per heavy atom. The first-order valence-corrected chi connectivity index (χ1v) is 11.2. The molecule has 1 unspecified atom stereocenters. The lowest BCUT2D eigenvalue weighted by atomic mass is 9.93. The first kappa shape index (κ1) is 19.1. The molecule has 0 amide bonds. The predicted molar refractivity (Wildman–Crippen MR) is 100 cm³/mol. The average molecular weight is 424 g/mol. The summed E-state index contributed by atoms with van der Waals surface area (Å²) in [4.78, 5) is 2.11. The van der Waals surface area contributed by atoms with Gasteiger partial charge in [-0.3, -0.25) is 4.90 Å². The van der Waals surface area contributed by atoms with E-state index < -0.39 is 33.8 Å². The molecule has 0 radical (unpaired) electrons. The lowest BCUT2D eigenvalue weighted by Crippen LogP contribution is -2.48. The van der Waals surface area contributed by atoms with Crippen molar-refractivity contribution in [3.8, 4) is 0 Å². The minimum atomic E-state index is -3.42. The first-order chi connectivity index (χ1) is 13.8. The molecule has 1 aromatic heterocycles. The Balaban J connectivity index is 1.30. The van der Waals surface area contributed by atoms with Crippen molar-refractivity contribution < 1.29 is 21.9 Å². The second-order valence-electron chi connectivity index (χ2n) is 8.08. The number of nitrogens with two attached hydrogens (primary N) is 1. The van der Waals surface area contributed by atoms with E-state index in [2.05, 4.69) is 10.00 Å². The molecule has 3 heterocycles. The van der Waals surface area contributed by atoms with Gasteiger partial charge in [-0.15, -0.1) is 0 Å². The number of benzene rings is 1. The van der Waals surface area contributed by atoms with Gasteiger partial charge in [-0.05, 0) is 37.5 Å². The van der Waals surface area contributed by atoms with Crippen LogP contribution < -0.4 is 5.73 Å². The number of hydrogen-bond acceptors (Lipinski definition) is 6. The summed E-state index contributed by atoms with van der Waals surface area (Å²) in [5.74, 6) is -1.07. The summed E-state index contributed by atoms with van der Waals surface area (Å²) < 4.78 is 59.8. The Bertz CT molecular complexity index is 1050. The minimum absolute atomic E-state index is 0.0395. The summed E-state index contributed by atoms with van der Waals surface area (Å²) in [6.45, 7) is 1.32. The number of rotatable bonds is 4. The van der Waals surface area contributed by atoms with Crippen LogP contribution in [-0.2, 0) is 27.8 Å². The predicted octanol–water partition coefficient (Wildman–Crippen LogP) is 1.67. The number of fused-ring (bicyclic) bond motifs is 1. The van der Waals surface area contributed by atoms with Gasteiger partial charge in [0.1, 0.15) is 17.7 Å². The SMILES string of the molecule is N[C@H]1CC(N2Cc3cnn(S(=O)(=O)C4CC4)c3C2)CO[C@@H]1c1cc(F)ccc1F. The molecule has 2 aliphatic heterocycles. The van der Waals surface area contributed by atoms with E-state index in [0.29, 0.717) is 44.7 Å². The van der Waals surface area contributed by atoms with E-state index in [1.165, 1.54) is 4.09 Å². The minimum Gasteiger partial charge on any atom is -0.370 e. The summed E-state index contributed by atoms with van der Waals surface area (Å²) in [7, 11) is -3.42. The molecule has 2 aromatic rings. The molecule has 156 valence electrons. The van der Waals surface area contributed by atoms with Crippen molar-refractivity contribution in [2.45, 2.75) is 55.8 Å². The van der Waals surface area contributed by atoms with Gasteiger partial charge in [-0.1, -0.05) is 0 Å². The van der Waals surface area contributed by atoms with Crippen molar-refractivity contribution in [2.75, 3.05) is 6.61 Å². The smallest absolute Gasteiger partial charge is 0.256 e. The zero-order valence-electron chi connectivity index (χ0n) is 15.7. The standard InChI is InChI=1S/C19H22F2N4O3S/c20-12-1-4-16(21)15(5-12)19-17(22)6-13(10-28-19)24-8-11-7-23-25(18(11)9-24)29(26,27)14-2-3-14/h1,4-5,7,13-14,17,19H,2-3,6,8-10,22H2/t13?,17-,19+/m0/s1. The van der Waals surface area contributed by atoms with E-state index in [9.17, 15) is 17.2 Å². The van der Waals surface area contributed by atoms with Gasteiger partial charge in [-0.2, -0.15) is 9.19 Å². The van der Waals surface area contributed by atoms with E-state index in [1.54, 1.807) is 6.20 Å². The Kier molecular flexibility index (Phi) is 4.50. The van der Waals surface area contributed by atoms with Crippen LogP contribution in [-0.4, -0.2) is 46.4 Å². The van der Waals surface area contributed by atoms with Gasteiger partial charge in [0, 0.05) is 36.3 Å². The Labute approximate surface area is 167 Å². The largest absolute Gasteiger partial charge is 0.370 e. The highest BCUT2D eigenvalue weighted by Gasteiger charge is 2.42. The van der Waals surface area contributed by atoms with Gasteiger partial charge in [0.05, 0.1) is 23.7 Å². The highest BCUT2D eigenvalue weighted by atomic mass is 32.2. The van der Waals surface area contributed by atoms with Gasteiger partial charge in [-0.25, -0.2) is 17.2 Å². The molecule has 0 bridgehead atoms. The molecular formula is C19H22F2N4O3S. The molecule has 1 aromatic carbocycles. The van der Waals surface area contributed by atoms with Crippen molar-refractivity contribution in [1.29, 1.82) is 0 Å². The number of hydrogen-bond donors (Lipinski definition) is 1. The number of halogens is 2. The quantitative estimate of drug-likeness (QED) is 0.803. The van der Waals surface area contributed by atoms with Gasteiger partial charge in [0.25, 0.3) is 10.0 Å². The van der Waals surface area contributed by atoms with Crippen LogP contribution in [0, 0.1) is 11.6 Å². The summed E-state index contributed by atoms with van der Waals surface area (Å²) in [5.41, 5.74) is 7.98. The van der Waals surface area contributed by atoms with Crippen LogP contribution in [0.4, 0.5) is 8.78 Å². The fourth-order valence-electron chi connectivity index (χ4n) is 4.29. The Hall–Kier alpha value is -1.88. The molecule has 2 N–H and O–H groups in total. The topological polar surface area (TPSA) is 90.5 Å². The molecule has 1 aliphatic carbocycles. The molecule has 5 rings (SSSR count). The summed E-state index contributed by atoms with van der Waals surface area (Å²) in [6, 6.07) is 2.73. The van der Waals surface area contributed by atoms with E-state index in [-0.39, 0.29) is 16.9 Å². The van der Waals surface area contributed by atoms with Gasteiger partial charge < -0.3 is 10.5 Å². The van der Waals surface area contributed by atoms with Crippen molar-refractivity contribution in [3.05, 3.63) is 52.9 Å². The number of nitrogens with zero attached hydrogens (tertiary/aromatic N) is 3. The Morgan fingerprint density at radius 1 is 1.21 bits per heavy atom. The first-order valence-electron chi connectivity index (χ1n) is 9.71. The second-order valence-corrected chi connectivity index (χ2v) is 10.1. The molecular weight excluding hydrogens is 402 g/mol. The fourth-order valence-corrected chi connectivity index (χ4v) is 5.96. The van der Waals surface area contributed by atoms with Crippen LogP contribution in [0.15, 0.2) is 24.4 Å². The lowest BCUT2D eigenvalue weighted by molar-refractivity contribution is -0.0533. The van der Waals surface area contributed by atoms with Crippen LogP contribution >= 0.6 is 0 Å². The number of ether oxygens (including phenoxy) is 1. The summed E-state index contributed by atoms with van der Waals surface area (Å²) in [5, 5.41) is 3.78. The molecule has 2 fully saturated rings. The second kappa shape index (κ2) is 6.83. The zero-order valence-corrected chi connectivity index (χ0v) is 16.5. The van der Waals surface area contributed by atoms with Crippen molar-refractivity contribution in [1.82, 2.24) is 14.1 Å². The molecule has 1 saturated carbocycles. The third-order valence-corrected chi connectivity index (χ3v) is 8.13. The zero-order chi connectivity index (χ0) is 20.3. The Morgan fingerprint density at radius 2 is 2.00 bits per heavy atom. The molecule has 10 heteroatoms. The maximum Gasteiger partial charge on any atom is 0.256 e.